The van der Waals surface area contributed by atoms with Gasteiger partial charge in [0.25, 0.3) is 0 Å². The second-order valence-corrected chi connectivity index (χ2v) is 5.80. The molecule has 0 aliphatic carbocycles. The summed E-state index contributed by atoms with van der Waals surface area (Å²) >= 11 is 0. The number of ether oxygens (including phenoxy) is 1. The fourth-order valence-corrected chi connectivity index (χ4v) is 2.15. The first-order chi connectivity index (χ1) is 7.82. The Kier molecular flexibility index (Phi) is 4.69. The number of rotatable bonds is 3. The van der Waals surface area contributed by atoms with Crippen molar-refractivity contribution in [2.45, 2.75) is 46.6 Å². The van der Waals surface area contributed by atoms with Crippen LogP contribution in [-0.2, 0) is 14.3 Å². The van der Waals surface area contributed by atoms with E-state index in [0.717, 1.165) is 12.8 Å². The minimum absolute atomic E-state index is 0.00653. The molecule has 0 bridgehead atoms. The molecular formula is C13H23NO3. The zero-order valence-electron chi connectivity index (χ0n) is 11.2. The van der Waals surface area contributed by atoms with Crippen molar-refractivity contribution in [2.24, 2.45) is 11.3 Å². The van der Waals surface area contributed by atoms with Crippen LogP contribution in [0.25, 0.3) is 0 Å². The minimum Gasteiger partial charge on any atom is -0.381 e. The molecule has 1 aliphatic rings. The Labute approximate surface area is 103 Å². The molecule has 0 spiro atoms. The Balaban J connectivity index is 2.60. The van der Waals surface area contributed by atoms with Gasteiger partial charge in [0.2, 0.25) is 5.91 Å². The highest BCUT2D eigenvalue weighted by Crippen LogP contribution is 2.22. The van der Waals surface area contributed by atoms with Gasteiger partial charge in [0.1, 0.15) is 0 Å². The fraction of sp³-hybridized carbons (Fsp3) is 0.846. The number of Topliss-reactive ketones (excluding diaryl/α,β-unsaturated/α-hetero) is 1. The fourth-order valence-electron chi connectivity index (χ4n) is 2.15. The summed E-state index contributed by atoms with van der Waals surface area (Å²) in [6.07, 6.45) is 1.50. The molecule has 4 nitrogen and oxygen atoms in total. The number of hydrogen-bond donors (Lipinski definition) is 1. The molecule has 1 amide bonds. The normalized spacial score (nSPS) is 19.8. The number of carbonyl (C=O) groups excluding carboxylic acids is 2. The van der Waals surface area contributed by atoms with Gasteiger partial charge in [0.05, 0.1) is 6.04 Å². The van der Waals surface area contributed by atoms with Gasteiger partial charge in [-0.05, 0) is 25.2 Å². The maximum atomic E-state index is 12.0. The zero-order chi connectivity index (χ0) is 13.1. The summed E-state index contributed by atoms with van der Waals surface area (Å²) in [6, 6.07) is -0.405. The molecule has 0 aromatic rings. The molecule has 0 aromatic carbocycles. The summed E-state index contributed by atoms with van der Waals surface area (Å²) in [6.45, 7) is 8.69. The molecule has 1 fully saturated rings. The summed E-state index contributed by atoms with van der Waals surface area (Å²) < 4.78 is 5.22. The first kappa shape index (κ1) is 14.2. The van der Waals surface area contributed by atoms with Crippen molar-refractivity contribution in [2.75, 3.05) is 13.2 Å². The predicted octanol–water partition coefficient (Wildman–Crippen LogP) is 1.53. The number of carbonyl (C=O) groups is 2. The van der Waals surface area contributed by atoms with Crippen molar-refractivity contribution < 1.29 is 14.3 Å². The lowest BCUT2D eigenvalue weighted by Gasteiger charge is -2.31. The smallest absolute Gasteiger partial charge is 0.223 e. The Hall–Kier alpha value is -0.900. The average Bonchev–Trinajstić information content (AvgIpc) is 2.24. The standard InChI is InChI=1S/C13H23NO3/c1-9(15)11(13(2,3)4)14-12(16)10-5-7-17-8-6-10/h10-11H,5-8H2,1-4H3,(H,14,16). The summed E-state index contributed by atoms with van der Waals surface area (Å²) in [5.41, 5.74) is -0.243. The van der Waals surface area contributed by atoms with E-state index >= 15 is 0 Å². The van der Waals surface area contributed by atoms with Crippen LogP contribution in [0.5, 0.6) is 0 Å². The molecule has 4 heteroatoms. The van der Waals surface area contributed by atoms with E-state index in [0.29, 0.717) is 13.2 Å². The molecule has 17 heavy (non-hydrogen) atoms. The highest BCUT2D eigenvalue weighted by Gasteiger charge is 2.32. The molecular weight excluding hydrogens is 218 g/mol. The van der Waals surface area contributed by atoms with Crippen LogP contribution in [-0.4, -0.2) is 30.9 Å². The topological polar surface area (TPSA) is 55.4 Å². The summed E-state index contributed by atoms with van der Waals surface area (Å²) in [5.74, 6) is -0.00529. The lowest BCUT2D eigenvalue weighted by molar-refractivity contribution is -0.133. The highest BCUT2D eigenvalue weighted by atomic mass is 16.5. The van der Waals surface area contributed by atoms with Crippen LogP contribution in [0, 0.1) is 11.3 Å². The molecule has 1 rings (SSSR count). The van der Waals surface area contributed by atoms with Gasteiger partial charge in [-0.15, -0.1) is 0 Å². The molecule has 1 saturated heterocycles. The maximum absolute atomic E-state index is 12.0. The Bertz CT molecular complexity index is 288. The number of hydrogen-bond acceptors (Lipinski definition) is 3. The van der Waals surface area contributed by atoms with E-state index in [-0.39, 0.29) is 23.0 Å². The quantitative estimate of drug-likeness (QED) is 0.815. The van der Waals surface area contributed by atoms with Crippen LogP contribution in [0.15, 0.2) is 0 Å². The largest absolute Gasteiger partial charge is 0.381 e. The van der Waals surface area contributed by atoms with Gasteiger partial charge < -0.3 is 10.1 Å². The zero-order valence-corrected chi connectivity index (χ0v) is 11.2. The molecule has 0 aromatic heterocycles. The molecule has 1 N–H and O–H groups in total. The van der Waals surface area contributed by atoms with Crippen LogP contribution in [0.4, 0.5) is 0 Å². The summed E-state index contributed by atoms with van der Waals surface area (Å²) in [4.78, 5) is 23.6. The minimum atomic E-state index is -0.405. The van der Waals surface area contributed by atoms with Crippen LogP contribution < -0.4 is 5.32 Å². The number of nitrogens with one attached hydrogen (secondary N) is 1. The lowest BCUT2D eigenvalue weighted by atomic mass is 9.84. The lowest BCUT2D eigenvalue weighted by Crippen LogP contribution is -2.50. The molecule has 0 radical (unpaired) electrons. The molecule has 1 unspecified atom stereocenters. The van der Waals surface area contributed by atoms with E-state index in [4.69, 9.17) is 4.74 Å². The third kappa shape index (κ3) is 4.11. The van der Waals surface area contributed by atoms with E-state index in [9.17, 15) is 9.59 Å². The van der Waals surface area contributed by atoms with E-state index in [2.05, 4.69) is 5.32 Å². The van der Waals surface area contributed by atoms with Gasteiger partial charge >= 0.3 is 0 Å². The Morgan fingerprint density at radius 3 is 2.18 bits per heavy atom. The summed E-state index contributed by atoms with van der Waals surface area (Å²) in [7, 11) is 0. The van der Waals surface area contributed by atoms with Crippen molar-refractivity contribution in [3.63, 3.8) is 0 Å². The maximum Gasteiger partial charge on any atom is 0.223 e. The third-order valence-corrected chi connectivity index (χ3v) is 3.15. The molecule has 1 atom stereocenters. The van der Waals surface area contributed by atoms with E-state index < -0.39 is 6.04 Å². The second-order valence-electron chi connectivity index (χ2n) is 5.80. The van der Waals surface area contributed by atoms with Gasteiger partial charge in [0.15, 0.2) is 5.78 Å². The van der Waals surface area contributed by atoms with Crippen LogP contribution in [0.3, 0.4) is 0 Å². The highest BCUT2D eigenvalue weighted by molar-refractivity contribution is 5.89. The van der Waals surface area contributed by atoms with Crippen molar-refractivity contribution in [1.82, 2.24) is 5.32 Å². The third-order valence-electron chi connectivity index (χ3n) is 3.15. The average molecular weight is 241 g/mol. The van der Waals surface area contributed by atoms with Crippen LogP contribution >= 0.6 is 0 Å². The Morgan fingerprint density at radius 1 is 1.24 bits per heavy atom. The van der Waals surface area contributed by atoms with Crippen LogP contribution in [0.1, 0.15) is 40.5 Å². The van der Waals surface area contributed by atoms with E-state index in [1.807, 2.05) is 20.8 Å². The first-order valence-corrected chi connectivity index (χ1v) is 6.21. The number of amides is 1. The molecule has 98 valence electrons. The van der Waals surface area contributed by atoms with E-state index in [1.165, 1.54) is 6.92 Å². The molecule has 1 heterocycles. The van der Waals surface area contributed by atoms with Gasteiger partial charge in [-0.3, -0.25) is 9.59 Å². The predicted molar refractivity (Wildman–Crippen MR) is 65.6 cm³/mol. The molecule has 1 aliphatic heterocycles. The van der Waals surface area contributed by atoms with Gasteiger partial charge in [0, 0.05) is 19.1 Å². The van der Waals surface area contributed by atoms with Crippen molar-refractivity contribution in [3.8, 4) is 0 Å². The Morgan fingerprint density at radius 2 is 1.76 bits per heavy atom. The molecule has 0 saturated carbocycles. The van der Waals surface area contributed by atoms with Crippen molar-refractivity contribution >= 4 is 11.7 Å². The van der Waals surface area contributed by atoms with E-state index in [1.54, 1.807) is 0 Å². The van der Waals surface area contributed by atoms with Crippen molar-refractivity contribution in [1.29, 1.82) is 0 Å². The number of ketones is 1. The first-order valence-electron chi connectivity index (χ1n) is 6.21. The summed E-state index contributed by atoms with van der Waals surface area (Å²) in [5, 5.41) is 2.88. The SMILES string of the molecule is CC(=O)C(NC(=O)C1CCOCC1)C(C)(C)C. The van der Waals surface area contributed by atoms with Crippen LogP contribution in [0.2, 0.25) is 0 Å². The van der Waals surface area contributed by atoms with Gasteiger partial charge in [-0.1, -0.05) is 20.8 Å². The second kappa shape index (κ2) is 5.63. The van der Waals surface area contributed by atoms with Gasteiger partial charge in [-0.2, -0.15) is 0 Å². The monoisotopic (exact) mass is 241 g/mol. The van der Waals surface area contributed by atoms with Gasteiger partial charge in [-0.25, -0.2) is 0 Å². The van der Waals surface area contributed by atoms with Crippen molar-refractivity contribution in [3.05, 3.63) is 0 Å².